The highest BCUT2D eigenvalue weighted by molar-refractivity contribution is 5.92. The highest BCUT2D eigenvalue weighted by Gasteiger charge is 2.19. The molecule has 0 atom stereocenters. The largest absolute Gasteiger partial charge is 0.492 e. The third-order valence-electron chi connectivity index (χ3n) is 2.14. The third kappa shape index (κ3) is 2.06. The first-order valence-corrected chi connectivity index (χ1v) is 5.05. The zero-order valence-corrected chi connectivity index (χ0v) is 9.28. The molecule has 0 saturated heterocycles. The number of aromatic hydroxyl groups is 1. The minimum Gasteiger partial charge on any atom is -0.492 e. The average Bonchev–Trinajstić information content (AvgIpc) is 2.29. The Kier molecular flexibility index (Phi) is 3.05. The van der Waals surface area contributed by atoms with E-state index in [0.29, 0.717) is 6.07 Å². The summed E-state index contributed by atoms with van der Waals surface area (Å²) >= 11 is 0. The molecule has 0 aliphatic carbocycles. The third-order valence-corrected chi connectivity index (χ3v) is 2.14. The molecule has 2 rings (SSSR count). The summed E-state index contributed by atoms with van der Waals surface area (Å²) in [5, 5.41) is 9.46. The van der Waals surface area contributed by atoms with Gasteiger partial charge in [-0.05, 0) is 6.92 Å². The number of hydrogen-bond donors (Lipinski definition) is 1. The van der Waals surface area contributed by atoms with Crippen molar-refractivity contribution < 1.29 is 23.4 Å². The number of aromatic nitrogens is 2. The summed E-state index contributed by atoms with van der Waals surface area (Å²) in [6, 6.07) is 1.52. The van der Waals surface area contributed by atoms with Gasteiger partial charge in [-0.2, -0.15) is 0 Å². The Morgan fingerprint density at radius 2 is 2.11 bits per heavy atom. The van der Waals surface area contributed by atoms with Crippen molar-refractivity contribution in [2.45, 2.75) is 6.92 Å². The van der Waals surface area contributed by atoms with Crippen LogP contribution in [0.3, 0.4) is 0 Å². The molecule has 0 radical (unpaired) electrons. The van der Waals surface area contributed by atoms with E-state index < -0.39 is 29.2 Å². The fourth-order valence-electron chi connectivity index (χ4n) is 1.41. The quantitative estimate of drug-likeness (QED) is 0.827. The van der Waals surface area contributed by atoms with E-state index in [1.54, 1.807) is 6.92 Å². The van der Waals surface area contributed by atoms with E-state index in [9.17, 15) is 18.7 Å². The van der Waals surface area contributed by atoms with Gasteiger partial charge in [0.2, 0.25) is 11.6 Å². The van der Waals surface area contributed by atoms with Crippen molar-refractivity contribution in [3.63, 3.8) is 0 Å². The number of halogens is 2. The smallest absolute Gasteiger partial charge is 0.362 e. The summed E-state index contributed by atoms with van der Waals surface area (Å²) in [4.78, 5) is 18.5. The van der Waals surface area contributed by atoms with Gasteiger partial charge in [-0.25, -0.2) is 23.5 Å². The molecule has 1 N–H and O–H groups in total. The minimum atomic E-state index is -0.969. The number of fused-ring (bicyclic) bond motifs is 1. The van der Waals surface area contributed by atoms with Crippen LogP contribution in [0.5, 0.6) is 5.88 Å². The molecule has 5 nitrogen and oxygen atoms in total. The molecule has 0 bridgehead atoms. The van der Waals surface area contributed by atoms with Crippen molar-refractivity contribution in [1.29, 1.82) is 0 Å². The molecule has 0 aliphatic rings. The van der Waals surface area contributed by atoms with Crippen LogP contribution in [0.15, 0.2) is 12.1 Å². The average molecular weight is 254 g/mol. The van der Waals surface area contributed by atoms with Crippen LogP contribution in [0.25, 0.3) is 11.0 Å². The number of benzene rings is 1. The molecule has 7 heteroatoms. The molecule has 1 aromatic carbocycles. The molecule has 0 spiro atoms. The number of nitrogens with zero attached hydrogens (tertiary/aromatic N) is 2. The Balaban J connectivity index is 2.64. The van der Waals surface area contributed by atoms with E-state index in [1.165, 1.54) is 0 Å². The first-order valence-electron chi connectivity index (χ1n) is 5.05. The van der Waals surface area contributed by atoms with Crippen LogP contribution in [0, 0.1) is 11.6 Å². The first-order chi connectivity index (χ1) is 8.52. The Morgan fingerprint density at radius 1 is 1.39 bits per heavy atom. The maximum absolute atomic E-state index is 13.3. The molecule has 0 saturated carbocycles. The maximum Gasteiger partial charge on any atom is 0.362 e. The van der Waals surface area contributed by atoms with E-state index in [4.69, 9.17) is 0 Å². The number of carbonyl (C=O) groups is 1. The van der Waals surface area contributed by atoms with Crippen molar-refractivity contribution in [2.24, 2.45) is 0 Å². The van der Waals surface area contributed by atoms with Crippen molar-refractivity contribution in [3.8, 4) is 5.88 Å². The second kappa shape index (κ2) is 4.52. The second-order valence-corrected chi connectivity index (χ2v) is 3.37. The van der Waals surface area contributed by atoms with E-state index in [2.05, 4.69) is 14.7 Å². The van der Waals surface area contributed by atoms with Gasteiger partial charge in [-0.15, -0.1) is 0 Å². The van der Waals surface area contributed by atoms with Crippen LogP contribution in [-0.4, -0.2) is 27.7 Å². The standard InChI is InChI=1S/C11H8F2N2O3/c1-2-18-11(17)9-10(16)15-8-6(13)3-5(12)4-7(8)14-9/h3-4H,2H2,1H3,(H,15,16). The molecular formula is C11H8F2N2O3. The fourth-order valence-corrected chi connectivity index (χ4v) is 1.41. The highest BCUT2D eigenvalue weighted by Crippen LogP contribution is 2.21. The Labute approximate surface area is 100 Å². The second-order valence-electron chi connectivity index (χ2n) is 3.37. The summed E-state index contributed by atoms with van der Waals surface area (Å²) < 4.78 is 31.0. The molecule has 1 aromatic heterocycles. The van der Waals surface area contributed by atoms with E-state index in [-0.39, 0.29) is 17.6 Å². The fraction of sp³-hybridized carbons (Fsp3) is 0.182. The summed E-state index contributed by atoms with van der Waals surface area (Å²) in [5.41, 5.74) is -0.968. The Morgan fingerprint density at radius 3 is 2.78 bits per heavy atom. The van der Waals surface area contributed by atoms with Gasteiger partial charge in [0.15, 0.2) is 5.82 Å². The zero-order valence-electron chi connectivity index (χ0n) is 9.28. The van der Waals surface area contributed by atoms with Gasteiger partial charge in [0.1, 0.15) is 11.3 Å². The van der Waals surface area contributed by atoms with Crippen LogP contribution in [0.2, 0.25) is 0 Å². The minimum absolute atomic E-state index is 0.0789. The Bertz CT molecular complexity index is 631. The number of esters is 1. The summed E-state index contributed by atoms with van der Waals surface area (Å²) in [7, 11) is 0. The monoisotopic (exact) mass is 254 g/mol. The maximum atomic E-state index is 13.3. The lowest BCUT2D eigenvalue weighted by molar-refractivity contribution is 0.0515. The highest BCUT2D eigenvalue weighted by atomic mass is 19.1. The summed E-state index contributed by atoms with van der Waals surface area (Å²) in [6.45, 7) is 1.65. The van der Waals surface area contributed by atoms with Crippen molar-refractivity contribution in [1.82, 2.24) is 9.97 Å². The van der Waals surface area contributed by atoms with Crippen molar-refractivity contribution in [2.75, 3.05) is 6.61 Å². The lowest BCUT2D eigenvalue weighted by atomic mass is 10.2. The predicted octanol–water partition coefficient (Wildman–Crippen LogP) is 1.79. The van der Waals surface area contributed by atoms with Gasteiger partial charge in [-0.3, -0.25) is 0 Å². The zero-order chi connectivity index (χ0) is 13.3. The lowest BCUT2D eigenvalue weighted by Gasteiger charge is -2.05. The van der Waals surface area contributed by atoms with Crippen LogP contribution in [0.4, 0.5) is 8.78 Å². The number of rotatable bonds is 2. The van der Waals surface area contributed by atoms with Crippen LogP contribution in [0.1, 0.15) is 17.4 Å². The summed E-state index contributed by atoms with van der Waals surface area (Å²) in [5.74, 6) is -3.49. The first kappa shape index (κ1) is 12.2. The summed E-state index contributed by atoms with van der Waals surface area (Å²) in [6.07, 6.45) is 0. The van der Waals surface area contributed by atoms with Crippen LogP contribution >= 0.6 is 0 Å². The molecule has 0 unspecified atom stereocenters. The van der Waals surface area contributed by atoms with E-state index in [0.717, 1.165) is 6.07 Å². The molecule has 0 fully saturated rings. The molecule has 18 heavy (non-hydrogen) atoms. The van der Waals surface area contributed by atoms with Gasteiger partial charge in [0, 0.05) is 12.1 Å². The van der Waals surface area contributed by atoms with Gasteiger partial charge in [0.05, 0.1) is 12.1 Å². The number of carbonyl (C=O) groups excluding carboxylic acids is 1. The van der Waals surface area contributed by atoms with Gasteiger partial charge >= 0.3 is 5.97 Å². The molecule has 0 amide bonds. The lowest BCUT2D eigenvalue weighted by Crippen LogP contribution is -2.09. The van der Waals surface area contributed by atoms with E-state index in [1.807, 2.05) is 0 Å². The van der Waals surface area contributed by atoms with Gasteiger partial charge < -0.3 is 9.84 Å². The normalized spacial score (nSPS) is 10.6. The molecule has 0 aliphatic heterocycles. The molecular weight excluding hydrogens is 246 g/mol. The van der Waals surface area contributed by atoms with Crippen LogP contribution < -0.4 is 0 Å². The molecule has 94 valence electrons. The number of hydrogen-bond acceptors (Lipinski definition) is 5. The van der Waals surface area contributed by atoms with Crippen LogP contribution in [-0.2, 0) is 4.74 Å². The van der Waals surface area contributed by atoms with Gasteiger partial charge in [0.25, 0.3) is 0 Å². The number of ether oxygens (including phenoxy) is 1. The van der Waals surface area contributed by atoms with Gasteiger partial charge in [-0.1, -0.05) is 0 Å². The van der Waals surface area contributed by atoms with Crippen molar-refractivity contribution in [3.05, 3.63) is 29.5 Å². The van der Waals surface area contributed by atoms with Crippen molar-refractivity contribution >= 4 is 17.0 Å². The Hall–Kier alpha value is -2.31. The predicted molar refractivity (Wildman–Crippen MR) is 57.1 cm³/mol. The molecule has 1 heterocycles. The SMILES string of the molecule is CCOC(=O)c1nc2cc(F)cc(F)c2nc1O. The van der Waals surface area contributed by atoms with E-state index >= 15 is 0 Å². The molecule has 2 aromatic rings. The topological polar surface area (TPSA) is 72.3 Å².